The van der Waals surface area contributed by atoms with E-state index in [1.807, 2.05) is 20.8 Å². The molecule has 0 radical (unpaired) electrons. The lowest BCUT2D eigenvalue weighted by atomic mass is 10.1. The molecule has 0 saturated heterocycles. The lowest BCUT2D eigenvalue weighted by molar-refractivity contribution is -0.308. The minimum Gasteiger partial charge on any atom is -0.548 e. The minimum absolute atomic E-state index is 0.0450. The summed E-state index contributed by atoms with van der Waals surface area (Å²) in [6.45, 7) is 5.47. The highest BCUT2D eigenvalue weighted by Crippen LogP contribution is 2.12. The van der Waals surface area contributed by atoms with Crippen molar-refractivity contribution < 1.29 is 18.3 Å². The van der Waals surface area contributed by atoms with Gasteiger partial charge in [-0.1, -0.05) is 31.5 Å². The van der Waals surface area contributed by atoms with Gasteiger partial charge in [-0.3, -0.25) is 0 Å². The van der Waals surface area contributed by atoms with Crippen LogP contribution in [0, 0.1) is 12.8 Å². The van der Waals surface area contributed by atoms with Crippen LogP contribution in [0.15, 0.2) is 29.2 Å². The van der Waals surface area contributed by atoms with E-state index in [4.69, 9.17) is 0 Å². The normalized spacial score (nSPS) is 13.5. The summed E-state index contributed by atoms with van der Waals surface area (Å²) in [7, 11) is -3.84. The summed E-state index contributed by atoms with van der Waals surface area (Å²) in [5.41, 5.74) is 0.928. The molecule has 1 rings (SSSR count). The van der Waals surface area contributed by atoms with E-state index in [0.29, 0.717) is 0 Å². The second kappa shape index (κ2) is 6.16. The Hall–Kier alpha value is -1.40. The number of nitrogens with one attached hydrogen (secondary N) is 1. The number of carboxylic acids is 1. The largest absolute Gasteiger partial charge is 0.548 e. The molecular formula is C13H18NO4S-. The van der Waals surface area contributed by atoms with Gasteiger partial charge in [0.25, 0.3) is 0 Å². The summed E-state index contributed by atoms with van der Waals surface area (Å²) in [6, 6.07) is 4.99. The monoisotopic (exact) mass is 284 g/mol. The Bertz CT molecular complexity index is 534. The number of carboxylic acid groups (broad SMARTS) is 1. The van der Waals surface area contributed by atoms with Crippen LogP contribution in [0.3, 0.4) is 0 Å². The minimum atomic E-state index is -3.84. The molecule has 0 fully saturated rings. The first-order chi connectivity index (χ1) is 8.72. The van der Waals surface area contributed by atoms with Crippen LogP contribution in [0.4, 0.5) is 0 Å². The first-order valence-electron chi connectivity index (χ1n) is 6.02. The molecule has 1 atom stereocenters. The molecule has 6 heteroatoms. The van der Waals surface area contributed by atoms with Crippen LogP contribution in [0.2, 0.25) is 0 Å². The number of aryl methyl sites for hydroxylation is 1. The molecule has 0 bridgehead atoms. The van der Waals surface area contributed by atoms with E-state index in [0.717, 1.165) is 5.56 Å². The number of rotatable bonds is 6. The molecule has 0 aromatic heterocycles. The zero-order chi connectivity index (χ0) is 14.6. The van der Waals surface area contributed by atoms with Crippen molar-refractivity contribution in [1.29, 1.82) is 0 Å². The third kappa shape index (κ3) is 4.65. The maximum absolute atomic E-state index is 12.0. The van der Waals surface area contributed by atoms with Gasteiger partial charge in [-0.15, -0.1) is 0 Å². The predicted molar refractivity (Wildman–Crippen MR) is 69.8 cm³/mol. The lowest BCUT2D eigenvalue weighted by Gasteiger charge is -2.21. The van der Waals surface area contributed by atoms with Crippen LogP contribution in [-0.2, 0) is 14.8 Å². The van der Waals surface area contributed by atoms with Crippen LogP contribution < -0.4 is 9.83 Å². The van der Waals surface area contributed by atoms with Gasteiger partial charge in [0.15, 0.2) is 0 Å². The van der Waals surface area contributed by atoms with Gasteiger partial charge in [-0.2, -0.15) is 0 Å². The van der Waals surface area contributed by atoms with Gasteiger partial charge in [0.2, 0.25) is 10.0 Å². The standard InChI is InChI=1S/C13H19NO4S/c1-9(2)8-12(13(15)16)14-19(17,18)11-6-4-10(3)5-7-11/h4-7,9,12,14H,8H2,1-3H3,(H,15,16)/p-1/t12-/m1/s1. The zero-order valence-electron chi connectivity index (χ0n) is 11.2. The Morgan fingerprint density at radius 2 is 1.79 bits per heavy atom. The average molecular weight is 284 g/mol. The summed E-state index contributed by atoms with van der Waals surface area (Å²) in [5, 5.41) is 11.0. The van der Waals surface area contributed by atoms with Crippen molar-refractivity contribution in [3.8, 4) is 0 Å². The Kier molecular flexibility index (Phi) is 5.08. The molecule has 0 aliphatic carbocycles. The molecule has 1 aromatic rings. The fourth-order valence-electron chi connectivity index (χ4n) is 1.64. The Morgan fingerprint density at radius 3 is 2.21 bits per heavy atom. The zero-order valence-corrected chi connectivity index (χ0v) is 12.0. The van der Waals surface area contributed by atoms with Crippen molar-refractivity contribution in [2.75, 3.05) is 0 Å². The first-order valence-corrected chi connectivity index (χ1v) is 7.50. The average Bonchev–Trinajstić information content (AvgIpc) is 2.27. The topological polar surface area (TPSA) is 86.3 Å². The molecule has 0 unspecified atom stereocenters. The highest BCUT2D eigenvalue weighted by atomic mass is 32.2. The van der Waals surface area contributed by atoms with Crippen molar-refractivity contribution in [2.24, 2.45) is 5.92 Å². The van der Waals surface area contributed by atoms with Gasteiger partial charge >= 0.3 is 0 Å². The Labute approximate surface area is 113 Å². The van der Waals surface area contributed by atoms with E-state index in [9.17, 15) is 18.3 Å². The highest BCUT2D eigenvalue weighted by Gasteiger charge is 2.21. The second-order valence-corrected chi connectivity index (χ2v) is 6.65. The quantitative estimate of drug-likeness (QED) is 0.821. The molecular weight excluding hydrogens is 266 g/mol. The predicted octanol–water partition coefficient (Wildman–Crippen LogP) is 0.438. The SMILES string of the molecule is Cc1ccc(S(=O)(=O)N[C@H](CC(C)C)C(=O)[O-])cc1. The van der Waals surface area contributed by atoms with Crippen molar-refractivity contribution in [1.82, 2.24) is 4.72 Å². The van der Waals surface area contributed by atoms with Crippen LogP contribution in [0.25, 0.3) is 0 Å². The van der Waals surface area contributed by atoms with E-state index >= 15 is 0 Å². The summed E-state index contributed by atoms with van der Waals surface area (Å²) < 4.78 is 26.2. The van der Waals surface area contributed by atoms with Crippen LogP contribution in [-0.4, -0.2) is 20.4 Å². The van der Waals surface area contributed by atoms with Crippen molar-refractivity contribution in [3.63, 3.8) is 0 Å². The summed E-state index contributed by atoms with van der Waals surface area (Å²) in [5.74, 6) is -1.37. The summed E-state index contributed by atoms with van der Waals surface area (Å²) >= 11 is 0. The number of hydrogen-bond acceptors (Lipinski definition) is 4. The smallest absolute Gasteiger partial charge is 0.241 e. The number of aliphatic carboxylic acids is 1. The number of carbonyl (C=O) groups excluding carboxylic acids is 1. The molecule has 1 N–H and O–H groups in total. The molecule has 0 spiro atoms. The van der Waals surface area contributed by atoms with E-state index in [-0.39, 0.29) is 17.2 Å². The lowest BCUT2D eigenvalue weighted by Crippen LogP contribution is -2.48. The molecule has 0 aliphatic heterocycles. The van der Waals surface area contributed by atoms with Gasteiger partial charge in [0.1, 0.15) is 0 Å². The number of benzene rings is 1. The van der Waals surface area contributed by atoms with Gasteiger partial charge in [-0.05, 0) is 31.4 Å². The molecule has 19 heavy (non-hydrogen) atoms. The molecule has 0 aliphatic rings. The van der Waals surface area contributed by atoms with Crippen molar-refractivity contribution >= 4 is 16.0 Å². The third-order valence-corrected chi connectivity index (χ3v) is 4.11. The molecule has 0 saturated carbocycles. The van der Waals surface area contributed by atoms with Gasteiger partial charge in [0, 0.05) is 0 Å². The maximum atomic E-state index is 12.0. The first kappa shape index (κ1) is 15.7. The summed E-state index contributed by atoms with van der Waals surface area (Å²) in [4.78, 5) is 11.0. The van der Waals surface area contributed by atoms with Gasteiger partial charge in [0.05, 0.1) is 16.9 Å². The van der Waals surface area contributed by atoms with Gasteiger partial charge < -0.3 is 9.90 Å². The van der Waals surface area contributed by atoms with Crippen molar-refractivity contribution in [3.05, 3.63) is 29.8 Å². The van der Waals surface area contributed by atoms with Crippen LogP contribution in [0.5, 0.6) is 0 Å². The number of carbonyl (C=O) groups is 1. The van der Waals surface area contributed by atoms with Crippen molar-refractivity contribution in [2.45, 2.75) is 38.1 Å². The molecule has 5 nitrogen and oxygen atoms in total. The number of hydrogen-bond donors (Lipinski definition) is 1. The van der Waals surface area contributed by atoms with Crippen LogP contribution >= 0.6 is 0 Å². The molecule has 106 valence electrons. The Morgan fingerprint density at radius 1 is 1.26 bits per heavy atom. The third-order valence-electron chi connectivity index (χ3n) is 2.62. The second-order valence-electron chi connectivity index (χ2n) is 4.94. The number of sulfonamides is 1. The van der Waals surface area contributed by atoms with E-state index < -0.39 is 22.0 Å². The fraction of sp³-hybridized carbons (Fsp3) is 0.462. The fourth-order valence-corrected chi connectivity index (χ4v) is 2.83. The molecule has 1 aromatic carbocycles. The Balaban J connectivity index is 2.94. The highest BCUT2D eigenvalue weighted by molar-refractivity contribution is 7.89. The van der Waals surface area contributed by atoms with Crippen LogP contribution in [0.1, 0.15) is 25.8 Å². The van der Waals surface area contributed by atoms with Gasteiger partial charge in [-0.25, -0.2) is 13.1 Å². The molecule has 0 amide bonds. The van der Waals surface area contributed by atoms with E-state index in [1.54, 1.807) is 12.1 Å². The van der Waals surface area contributed by atoms with E-state index in [2.05, 4.69) is 4.72 Å². The van der Waals surface area contributed by atoms with E-state index in [1.165, 1.54) is 12.1 Å². The maximum Gasteiger partial charge on any atom is 0.241 e. The summed E-state index contributed by atoms with van der Waals surface area (Å²) in [6.07, 6.45) is 0.188. The molecule has 0 heterocycles.